The van der Waals surface area contributed by atoms with Crippen molar-refractivity contribution in [3.05, 3.63) is 156 Å². The highest BCUT2D eigenvalue weighted by Gasteiger charge is 2.41. The van der Waals surface area contributed by atoms with Crippen molar-refractivity contribution in [1.82, 2.24) is 0 Å². The summed E-state index contributed by atoms with van der Waals surface area (Å²) < 4.78 is 5.81. The lowest BCUT2D eigenvalue weighted by atomic mass is 9.85. The van der Waals surface area contributed by atoms with Crippen LogP contribution in [0.3, 0.4) is 0 Å². The van der Waals surface area contributed by atoms with Crippen LogP contribution >= 0.6 is 0 Å². The van der Waals surface area contributed by atoms with Gasteiger partial charge >= 0.3 is 0 Å². The number of ether oxygens (including phenoxy) is 1. The molecule has 0 aromatic heterocycles. The Labute approximate surface area is 242 Å². The first-order valence-electron chi connectivity index (χ1n) is 14.7. The van der Waals surface area contributed by atoms with Gasteiger partial charge in [0.15, 0.2) is 0 Å². The van der Waals surface area contributed by atoms with Gasteiger partial charge in [-0.05, 0) is 97.8 Å². The lowest BCUT2D eigenvalue weighted by Gasteiger charge is -2.18. The maximum atomic E-state index is 5.81. The van der Waals surface area contributed by atoms with Crippen molar-refractivity contribution in [2.24, 2.45) is 5.92 Å². The lowest BCUT2D eigenvalue weighted by Crippen LogP contribution is -1.97. The Morgan fingerprint density at radius 1 is 0.805 bits per heavy atom. The molecule has 0 saturated heterocycles. The summed E-state index contributed by atoms with van der Waals surface area (Å²) >= 11 is 0. The highest BCUT2D eigenvalue weighted by molar-refractivity contribution is 6.14. The highest BCUT2D eigenvalue weighted by Crippen LogP contribution is 2.56. The normalized spacial score (nSPS) is 17.9. The zero-order valence-corrected chi connectivity index (χ0v) is 23.5. The van der Waals surface area contributed by atoms with Crippen molar-refractivity contribution >= 4 is 33.2 Å². The van der Waals surface area contributed by atoms with E-state index in [0.29, 0.717) is 19.1 Å². The molecule has 0 heterocycles. The summed E-state index contributed by atoms with van der Waals surface area (Å²) in [6.45, 7) is 3.28. The molecule has 0 aliphatic heterocycles. The zero-order chi connectivity index (χ0) is 27.6. The van der Waals surface area contributed by atoms with Gasteiger partial charge in [0.05, 0.1) is 13.2 Å². The number of allylic oxidation sites excluding steroid dienone is 6. The van der Waals surface area contributed by atoms with E-state index in [4.69, 9.17) is 4.74 Å². The fourth-order valence-corrected chi connectivity index (χ4v) is 6.33. The maximum absolute atomic E-state index is 5.81. The van der Waals surface area contributed by atoms with Crippen molar-refractivity contribution in [1.29, 1.82) is 0 Å². The van der Waals surface area contributed by atoms with Crippen LogP contribution in [0, 0.1) is 5.92 Å². The Balaban J connectivity index is 1.18. The third-order valence-electron chi connectivity index (χ3n) is 8.44. The van der Waals surface area contributed by atoms with E-state index in [9.17, 15) is 0 Å². The topological polar surface area (TPSA) is 9.23 Å². The Kier molecular flexibility index (Phi) is 6.96. The fourth-order valence-electron chi connectivity index (χ4n) is 6.33. The molecule has 5 aromatic rings. The maximum Gasteiger partial charge on any atom is 0.0721 e. The van der Waals surface area contributed by atoms with Gasteiger partial charge in [-0.3, -0.25) is 0 Å². The Morgan fingerprint density at radius 2 is 1.63 bits per heavy atom. The lowest BCUT2D eigenvalue weighted by molar-refractivity contribution is 0.148. The van der Waals surface area contributed by atoms with Crippen molar-refractivity contribution in [2.45, 2.75) is 25.9 Å². The van der Waals surface area contributed by atoms with E-state index in [1.807, 2.05) is 18.2 Å². The number of benzene rings is 5. The summed E-state index contributed by atoms with van der Waals surface area (Å²) in [5, 5.41) is 5.51. The SMILES string of the molecule is C\C=C/C(=C\C=C\COCc1ccccc1)c1cccc(-c2ccc3c4c(c5ccccc5c3c2)C2CC2C=C4)c1. The molecule has 2 aliphatic carbocycles. The average molecular weight is 531 g/mol. The van der Waals surface area contributed by atoms with E-state index in [1.54, 1.807) is 5.56 Å². The summed E-state index contributed by atoms with van der Waals surface area (Å²) in [5.74, 6) is 1.43. The molecule has 0 spiro atoms. The van der Waals surface area contributed by atoms with Gasteiger partial charge in [0.1, 0.15) is 0 Å². The molecule has 1 fully saturated rings. The Hall–Kier alpha value is -4.46. The van der Waals surface area contributed by atoms with Crippen molar-refractivity contribution in [3.63, 3.8) is 0 Å². The minimum atomic E-state index is 0.583. The summed E-state index contributed by atoms with van der Waals surface area (Å²) in [6, 6.07) is 35.2. The minimum absolute atomic E-state index is 0.583. The molecule has 0 amide bonds. The number of rotatable bonds is 8. The van der Waals surface area contributed by atoms with Crippen LogP contribution < -0.4 is 0 Å². The molecule has 1 nitrogen and oxygen atoms in total. The van der Waals surface area contributed by atoms with E-state index in [2.05, 4.69) is 128 Å². The van der Waals surface area contributed by atoms with Gasteiger partial charge < -0.3 is 4.74 Å². The molecule has 1 saturated carbocycles. The molecular formula is C40H34O. The Morgan fingerprint density at radius 3 is 2.51 bits per heavy atom. The average Bonchev–Trinajstić information content (AvgIpc) is 3.83. The van der Waals surface area contributed by atoms with Crippen molar-refractivity contribution < 1.29 is 4.74 Å². The van der Waals surface area contributed by atoms with Crippen LogP contribution in [-0.4, -0.2) is 6.61 Å². The predicted molar refractivity (Wildman–Crippen MR) is 175 cm³/mol. The van der Waals surface area contributed by atoms with Gasteiger partial charge in [-0.15, -0.1) is 0 Å². The summed E-state index contributed by atoms with van der Waals surface area (Å²) in [6.07, 6.45) is 16.7. The first-order valence-corrected chi connectivity index (χ1v) is 14.7. The molecule has 0 bridgehead atoms. The van der Waals surface area contributed by atoms with E-state index in [0.717, 1.165) is 5.92 Å². The molecule has 5 aromatic carbocycles. The molecule has 1 heteroatoms. The third kappa shape index (κ3) is 5.10. The second kappa shape index (κ2) is 11.2. The zero-order valence-electron chi connectivity index (χ0n) is 23.5. The summed E-state index contributed by atoms with van der Waals surface area (Å²) in [7, 11) is 0. The van der Waals surface area contributed by atoms with Crippen LogP contribution in [0.4, 0.5) is 0 Å². The van der Waals surface area contributed by atoms with Gasteiger partial charge in [0.2, 0.25) is 0 Å². The van der Waals surface area contributed by atoms with E-state index >= 15 is 0 Å². The molecule has 2 atom stereocenters. The monoisotopic (exact) mass is 530 g/mol. The quantitative estimate of drug-likeness (QED) is 0.110. The largest absolute Gasteiger partial charge is 0.373 e. The standard InChI is InChI=1S/C40H34O/c1-2-11-29(14-8-9-23-41-27-28-12-4-3-5-13-28)30-15-10-16-31(24-30)32-19-21-35-37-22-20-33-26-38(33)40(37)36-18-7-6-17-34(36)39(35)25-32/h2-22,24-25,33,38H,23,26-27H2,1H3/b9-8+,11-2-,29-14+. The molecular weight excluding hydrogens is 496 g/mol. The predicted octanol–water partition coefficient (Wildman–Crippen LogP) is 10.5. The third-order valence-corrected chi connectivity index (χ3v) is 8.44. The first kappa shape index (κ1) is 25.5. The summed E-state index contributed by atoms with van der Waals surface area (Å²) in [4.78, 5) is 0. The second-order valence-electron chi connectivity index (χ2n) is 11.1. The fraction of sp³-hybridized carbons (Fsp3) is 0.150. The van der Waals surface area contributed by atoms with Gasteiger partial charge in [0.25, 0.3) is 0 Å². The molecule has 2 unspecified atom stereocenters. The molecule has 200 valence electrons. The van der Waals surface area contributed by atoms with Gasteiger partial charge in [-0.2, -0.15) is 0 Å². The summed E-state index contributed by atoms with van der Waals surface area (Å²) in [5.41, 5.74) is 9.04. The van der Waals surface area contributed by atoms with Crippen LogP contribution in [0.2, 0.25) is 0 Å². The number of hydrogen-bond donors (Lipinski definition) is 0. The first-order chi connectivity index (χ1) is 20.3. The van der Waals surface area contributed by atoms with Crippen LogP contribution in [0.15, 0.2) is 134 Å². The van der Waals surface area contributed by atoms with Gasteiger partial charge in [-0.1, -0.05) is 127 Å². The number of fused-ring (bicyclic) bond motifs is 8. The highest BCUT2D eigenvalue weighted by atomic mass is 16.5. The second-order valence-corrected chi connectivity index (χ2v) is 11.1. The van der Waals surface area contributed by atoms with Gasteiger partial charge in [-0.25, -0.2) is 0 Å². The van der Waals surface area contributed by atoms with E-state index in [1.165, 1.54) is 61.4 Å². The van der Waals surface area contributed by atoms with Gasteiger partial charge in [0, 0.05) is 0 Å². The molecule has 0 N–H and O–H groups in total. The van der Waals surface area contributed by atoms with E-state index in [-0.39, 0.29) is 0 Å². The number of hydrogen-bond acceptors (Lipinski definition) is 1. The molecule has 2 aliphatic rings. The smallest absolute Gasteiger partial charge is 0.0721 e. The molecule has 0 radical (unpaired) electrons. The van der Waals surface area contributed by atoms with Crippen LogP contribution in [-0.2, 0) is 11.3 Å². The molecule has 7 rings (SSSR count). The van der Waals surface area contributed by atoms with Crippen molar-refractivity contribution in [2.75, 3.05) is 6.61 Å². The van der Waals surface area contributed by atoms with Crippen LogP contribution in [0.1, 0.15) is 41.5 Å². The van der Waals surface area contributed by atoms with E-state index < -0.39 is 0 Å². The minimum Gasteiger partial charge on any atom is -0.373 e. The van der Waals surface area contributed by atoms with Crippen molar-refractivity contribution in [3.8, 4) is 11.1 Å². The molecule has 41 heavy (non-hydrogen) atoms. The van der Waals surface area contributed by atoms with Crippen LogP contribution in [0.5, 0.6) is 0 Å². The van der Waals surface area contributed by atoms with Crippen LogP contribution in [0.25, 0.3) is 44.3 Å². The Bertz CT molecular complexity index is 1850.